The molecule has 1 heterocycles. The molecule has 1 fully saturated rings. The van der Waals surface area contributed by atoms with E-state index < -0.39 is 0 Å². The Labute approximate surface area is 77.2 Å². The van der Waals surface area contributed by atoms with Gasteiger partial charge >= 0.3 is 5.97 Å². The molecule has 0 aliphatic carbocycles. The first-order chi connectivity index (χ1) is 5.72. The molecule has 3 nitrogen and oxygen atoms in total. The van der Waals surface area contributed by atoms with E-state index in [-0.39, 0.29) is 10.8 Å². The van der Waals surface area contributed by atoms with Crippen molar-refractivity contribution in [1.29, 1.82) is 0 Å². The lowest BCUT2D eigenvalue weighted by atomic mass is 10.1. The third-order valence-electron chi connectivity index (χ3n) is 2.16. The average molecular weight is 189 g/mol. The van der Waals surface area contributed by atoms with E-state index in [0.29, 0.717) is 6.42 Å². The summed E-state index contributed by atoms with van der Waals surface area (Å²) in [6.45, 7) is 3.09. The van der Waals surface area contributed by atoms with E-state index in [2.05, 4.69) is 17.0 Å². The van der Waals surface area contributed by atoms with E-state index >= 15 is 0 Å². The summed E-state index contributed by atoms with van der Waals surface area (Å²) in [5, 5.41) is 3.35. The van der Waals surface area contributed by atoms with E-state index in [1.165, 1.54) is 7.11 Å². The van der Waals surface area contributed by atoms with Crippen LogP contribution in [0, 0.1) is 0 Å². The van der Waals surface area contributed by atoms with Crippen molar-refractivity contribution in [1.82, 2.24) is 5.32 Å². The minimum Gasteiger partial charge on any atom is -0.469 e. The fraction of sp³-hybridized carbons (Fsp3) is 0.875. The van der Waals surface area contributed by atoms with Crippen LogP contribution in [0.3, 0.4) is 0 Å². The highest BCUT2D eigenvalue weighted by Crippen LogP contribution is 2.33. The summed E-state index contributed by atoms with van der Waals surface area (Å²) in [6.07, 6.45) is 1.44. The lowest BCUT2D eigenvalue weighted by Gasteiger charge is -2.25. The highest BCUT2D eigenvalue weighted by molar-refractivity contribution is 8.00. The van der Waals surface area contributed by atoms with Gasteiger partial charge in [0.05, 0.1) is 18.4 Å². The molecular formula is C8H15NO2S. The van der Waals surface area contributed by atoms with Crippen LogP contribution < -0.4 is 5.32 Å². The number of ether oxygens (including phenoxy) is 1. The van der Waals surface area contributed by atoms with Crippen LogP contribution in [0.2, 0.25) is 0 Å². The van der Waals surface area contributed by atoms with Gasteiger partial charge in [-0.2, -0.15) is 0 Å². The molecule has 1 saturated heterocycles. The molecule has 0 aromatic rings. The van der Waals surface area contributed by atoms with Crippen molar-refractivity contribution in [2.75, 3.05) is 19.4 Å². The maximum absolute atomic E-state index is 11.1. The van der Waals surface area contributed by atoms with Crippen molar-refractivity contribution in [2.24, 2.45) is 0 Å². The van der Waals surface area contributed by atoms with Crippen molar-refractivity contribution in [3.63, 3.8) is 0 Å². The van der Waals surface area contributed by atoms with Gasteiger partial charge in [-0.3, -0.25) is 4.79 Å². The molecule has 0 radical (unpaired) electrons. The normalized spacial score (nSPS) is 28.8. The van der Waals surface area contributed by atoms with Crippen molar-refractivity contribution >= 4 is 17.7 Å². The van der Waals surface area contributed by atoms with E-state index in [1.807, 2.05) is 11.8 Å². The Morgan fingerprint density at radius 1 is 1.75 bits per heavy atom. The third kappa shape index (κ3) is 2.14. The topological polar surface area (TPSA) is 38.3 Å². The Balaban J connectivity index is 2.49. The monoisotopic (exact) mass is 189 g/mol. The van der Waals surface area contributed by atoms with Crippen LogP contribution in [0.25, 0.3) is 0 Å². The lowest BCUT2D eigenvalue weighted by Crippen LogP contribution is -2.38. The highest BCUT2D eigenvalue weighted by atomic mass is 32.2. The van der Waals surface area contributed by atoms with Gasteiger partial charge in [-0.1, -0.05) is 6.92 Å². The van der Waals surface area contributed by atoms with Gasteiger partial charge in [0.25, 0.3) is 0 Å². The predicted octanol–water partition coefficient (Wildman–Crippen LogP) is 0.992. The zero-order chi connectivity index (χ0) is 9.03. The molecular weight excluding hydrogens is 174 g/mol. The number of hydrogen-bond acceptors (Lipinski definition) is 4. The van der Waals surface area contributed by atoms with Gasteiger partial charge in [-0.25, -0.2) is 0 Å². The molecule has 1 N–H and O–H groups in total. The van der Waals surface area contributed by atoms with Crippen LogP contribution in [0.4, 0.5) is 0 Å². The summed E-state index contributed by atoms with van der Waals surface area (Å²) < 4.78 is 4.65. The average Bonchev–Trinajstić information content (AvgIpc) is 2.54. The first-order valence-corrected chi connectivity index (χ1v) is 5.17. The molecule has 1 rings (SSSR count). The summed E-state index contributed by atoms with van der Waals surface area (Å²) in [6, 6.07) is 0. The summed E-state index contributed by atoms with van der Waals surface area (Å²) in [7, 11) is 1.44. The second-order valence-corrected chi connectivity index (χ2v) is 4.35. The number of methoxy groups -OCH3 is 1. The first-order valence-electron chi connectivity index (χ1n) is 4.18. The summed E-state index contributed by atoms with van der Waals surface area (Å²) in [5.74, 6) is 0.962. The molecule has 0 aromatic heterocycles. The van der Waals surface area contributed by atoms with Gasteiger partial charge in [-0.05, 0) is 6.42 Å². The molecule has 1 unspecified atom stereocenters. The van der Waals surface area contributed by atoms with Gasteiger partial charge in [0.15, 0.2) is 0 Å². The number of rotatable bonds is 3. The molecule has 0 aromatic carbocycles. The lowest BCUT2D eigenvalue weighted by molar-refractivity contribution is -0.141. The van der Waals surface area contributed by atoms with E-state index in [1.54, 1.807) is 0 Å². The number of nitrogens with one attached hydrogen (secondary N) is 1. The predicted molar refractivity (Wildman–Crippen MR) is 50.1 cm³/mol. The molecule has 1 atom stereocenters. The van der Waals surface area contributed by atoms with Crippen LogP contribution in [0.15, 0.2) is 0 Å². The van der Waals surface area contributed by atoms with E-state index in [9.17, 15) is 4.79 Å². The summed E-state index contributed by atoms with van der Waals surface area (Å²) in [5.41, 5.74) is 0. The van der Waals surface area contributed by atoms with Crippen LogP contribution in [-0.2, 0) is 9.53 Å². The number of carbonyl (C=O) groups is 1. The van der Waals surface area contributed by atoms with Crippen molar-refractivity contribution in [2.45, 2.75) is 24.6 Å². The van der Waals surface area contributed by atoms with Crippen LogP contribution in [-0.4, -0.2) is 30.2 Å². The molecule has 0 bridgehead atoms. The fourth-order valence-corrected chi connectivity index (χ4v) is 2.57. The molecule has 0 amide bonds. The van der Waals surface area contributed by atoms with Crippen molar-refractivity contribution < 1.29 is 9.53 Å². The SMILES string of the molecule is CCC1(CC(=O)OC)NCCS1. The van der Waals surface area contributed by atoms with Crippen molar-refractivity contribution in [3.05, 3.63) is 0 Å². The van der Waals surface area contributed by atoms with Crippen LogP contribution in [0.5, 0.6) is 0 Å². The number of hydrogen-bond donors (Lipinski definition) is 1. The first kappa shape index (κ1) is 9.86. The zero-order valence-corrected chi connectivity index (χ0v) is 8.37. The second-order valence-electron chi connectivity index (χ2n) is 2.88. The maximum atomic E-state index is 11.1. The van der Waals surface area contributed by atoms with E-state index in [0.717, 1.165) is 18.7 Å². The van der Waals surface area contributed by atoms with Crippen molar-refractivity contribution in [3.8, 4) is 0 Å². The molecule has 1 aliphatic rings. The van der Waals surface area contributed by atoms with Crippen LogP contribution in [0.1, 0.15) is 19.8 Å². The van der Waals surface area contributed by atoms with Gasteiger partial charge in [-0.15, -0.1) is 11.8 Å². The minimum atomic E-state index is -0.126. The van der Waals surface area contributed by atoms with Gasteiger partial charge in [0.1, 0.15) is 0 Å². The Kier molecular flexibility index (Phi) is 3.40. The van der Waals surface area contributed by atoms with Gasteiger partial charge < -0.3 is 10.1 Å². The minimum absolute atomic E-state index is 0.0485. The number of esters is 1. The Morgan fingerprint density at radius 2 is 2.50 bits per heavy atom. The standard InChI is InChI=1S/C8H15NO2S/c1-3-8(6-7(10)11-2)9-4-5-12-8/h9H,3-6H2,1-2H3. The van der Waals surface area contributed by atoms with Gasteiger partial charge in [0.2, 0.25) is 0 Å². The quantitative estimate of drug-likeness (QED) is 0.672. The Morgan fingerprint density at radius 3 is 2.92 bits per heavy atom. The Hall–Kier alpha value is -0.220. The maximum Gasteiger partial charge on any atom is 0.308 e. The molecule has 1 aliphatic heterocycles. The highest BCUT2D eigenvalue weighted by Gasteiger charge is 2.34. The molecule has 0 spiro atoms. The fourth-order valence-electron chi connectivity index (χ4n) is 1.35. The zero-order valence-electron chi connectivity index (χ0n) is 7.55. The Bertz CT molecular complexity index is 166. The summed E-state index contributed by atoms with van der Waals surface area (Å²) in [4.78, 5) is 11.0. The molecule has 4 heteroatoms. The molecule has 12 heavy (non-hydrogen) atoms. The third-order valence-corrected chi connectivity index (χ3v) is 3.69. The molecule has 70 valence electrons. The number of thioether (sulfide) groups is 1. The second kappa shape index (κ2) is 4.14. The van der Waals surface area contributed by atoms with Crippen LogP contribution >= 0.6 is 11.8 Å². The van der Waals surface area contributed by atoms with E-state index in [4.69, 9.17) is 0 Å². The smallest absolute Gasteiger partial charge is 0.308 e. The van der Waals surface area contributed by atoms with Gasteiger partial charge in [0, 0.05) is 12.3 Å². The molecule has 0 saturated carbocycles. The largest absolute Gasteiger partial charge is 0.469 e. The summed E-state index contributed by atoms with van der Waals surface area (Å²) >= 11 is 1.82. The number of carbonyl (C=O) groups excluding carboxylic acids is 1.